The van der Waals surface area contributed by atoms with Gasteiger partial charge in [-0.15, -0.1) is 11.3 Å². The van der Waals surface area contributed by atoms with E-state index in [1.54, 1.807) is 18.3 Å². The molecule has 1 aromatic heterocycles. The molecule has 112 valence electrons. The number of rotatable bonds is 5. The van der Waals surface area contributed by atoms with Gasteiger partial charge >= 0.3 is 0 Å². The lowest BCUT2D eigenvalue weighted by atomic mass is 10.1. The van der Waals surface area contributed by atoms with Crippen molar-refractivity contribution in [2.75, 3.05) is 6.61 Å². The zero-order valence-corrected chi connectivity index (χ0v) is 13.3. The van der Waals surface area contributed by atoms with E-state index in [9.17, 15) is 4.79 Å². The Kier molecular flexibility index (Phi) is 5.09. The van der Waals surface area contributed by atoms with Gasteiger partial charge in [-0.3, -0.25) is 4.79 Å². The van der Waals surface area contributed by atoms with E-state index in [0.29, 0.717) is 6.42 Å². The van der Waals surface area contributed by atoms with Crippen LogP contribution in [0.25, 0.3) is 11.3 Å². The lowest BCUT2D eigenvalue weighted by Gasteiger charge is -2.10. The Bertz CT molecular complexity index is 620. The Morgan fingerprint density at radius 2 is 2.00 bits per heavy atom. The zero-order chi connectivity index (χ0) is 15.4. The van der Waals surface area contributed by atoms with E-state index in [0.717, 1.165) is 21.1 Å². The van der Waals surface area contributed by atoms with Crippen LogP contribution in [0.3, 0.4) is 0 Å². The highest BCUT2D eigenvalue weighted by atomic mass is 32.1. The first-order valence-electron chi connectivity index (χ1n) is 6.93. The fraction of sp³-hybridized carbons (Fsp3) is 0.375. The second kappa shape index (κ2) is 6.83. The summed E-state index contributed by atoms with van der Waals surface area (Å²) in [6.45, 7) is 5.70. The summed E-state index contributed by atoms with van der Waals surface area (Å²) in [4.78, 5) is 17.5. The molecule has 1 aromatic carbocycles. The van der Waals surface area contributed by atoms with E-state index < -0.39 is 0 Å². The number of hydrogen-bond donors (Lipinski definition) is 2. The number of nitrogens with zero attached hydrogens (tertiary/aromatic N) is 1. The molecule has 0 radical (unpaired) electrons. The first-order chi connectivity index (χ1) is 9.99. The van der Waals surface area contributed by atoms with Gasteiger partial charge in [0, 0.05) is 16.5 Å². The number of amides is 1. The molecule has 1 unspecified atom stereocenters. The summed E-state index contributed by atoms with van der Waals surface area (Å²) in [5.41, 5.74) is 3.11. The minimum Gasteiger partial charge on any atom is -0.394 e. The maximum atomic E-state index is 12.0. The van der Waals surface area contributed by atoms with Crippen LogP contribution in [0.2, 0.25) is 0 Å². The molecular weight excluding hydrogens is 284 g/mol. The molecule has 2 N–H and O–H groups in total. The number of thiazole rings is 1. The van der Waals surface area contributed by atoms with Gasteiger partial charge in [-0.25, -0.2) is 4.98 Å². The summed E-state index contributed by atoms with van der Waals surface area (Å²) in [6, 6.07) is 7.92. The smallest absolute Gasteiger partial charge is 0.225 e. The normalized spacial score (nSPS) is 12.2. The quantitative estimate of drug-likeness (QED) is 0.892. The highest BCUT2D eigenvalue weighted by molar-refractivity contribution is 7.12. The van der Waals surface area contributed by atoms with Crippen LogP contribution in [0, 0.1) is 13.8 Å². The van der Waals surface area contributed by atoms with Crippen LogP contribution in [0.1, 0.15) is 22.4 Å². The van der Waals surface area contributed by atoms with Gasteiger partial charge in [-0.2, -0.15) is 0 Å². The molecule has 21 heavy (non-hydrogen) atoms. The minimum absolute atomic E-state index is 0.0573. The highest BCUT2D eigenvalue weighted by Crippen LogP contribution is 2.28. The maximum Gasteiger partial charge on any atom is 0.225 e. The van der Waals surface area contributed by atoms with Gasteiger partial charge in [0.1, 0.15) is 0 Å². The second-order valence-electron chi connectivity index (χ2n) is 5.20. The van der Waals surface area contributed by atoms with Crippen molar-refractivity contribution >= 4 is 17.2 Å². The second-order valence-corrected chi connectivity index (χ2v) is 6.49. The molecule has 0 aliphatic carbocycles. The molecule has 2 rings (SSSR count). The van der Waals surface area contributed by atoms with Crippen molar-refractivity contribution in [2.24, 2.45) is 0 Å². The van der Waals surface area contributed by atoms with E-state index in [4.69, 9.17) is 5.11 Å². The van der Waals surface area contributed by atoms with Gasteiger partial charge in [-0.1, -0.05) is 29.8 Å². The Morgan fingerprint density at radius 3 is 2.62 bits per heavy atom. The van der Waals surface area contributed by atoms with Crippen molar-refractivity contribution in [1.82, 2.24) is 10.3 Å². The van der Waals surface area contributed by atoms with Crippen molar-refractivity contribution in [3.63, 3.8) is 0 Å². The summed E-state index contributed by atoms with van der Waals surface area (Å²) < 4.78 is 0. The number of carbonyl (C=O) groups excluding carboxylic acids is 1. The van der Waals surface area contributed by atoms with Crippen molar-refractivity contribution in [3.05, 3.63) is 39.7 Å². The van der Waals surface area contributed by atoms with Gasteiger partial charge in [0.15, 0.2) is 0 Å². The highest BCUT2D eigenvalue weighted by Gasteiger charge is 2.15. The average Bonchev–Trinajstić information content (AvgIpc) is 2.80. The van der Waals surface area contributed by atoms with Gasteiger partial charge in [-0.05, 0) is 20.8 Å². The Morgan fingerprint density at radius 1 is 1.33 bits per heavy atom. The third-order valence-electron chi connectivity index (χ3n) is 3.13. The van der Waals surface area contributed by atoms with Crippen molar-refractivity contribution in [2.45, 2.75) is 33.2 Å². The van der Waals surface area contributed by atoms with Crippen LogP contribution >= 0.6 is 11.3 Å². The van der Waals surface area contributed by atoms with Crippen LogP contribution in [-0.4, -0.2) is 28.6 Å². The Labute approximate surface area is 128 Å². The van der Waals surface area contributed by atoms with Gasteiger partial charge < -0.3 is 10.4 Å². The lowest BCUT2D eigenvalue weighted by molar-refractivity contribution is -0.121. The molecule has 2 aromatic rings. The summed E-state index contributed by atoms with van der Waals surface area (Å²) in [7, 11) is 0. The van der Waals surface area contributed by atoms with Crippen LogP contribution in [-0.2, 0) is 11.2 Å². The number of aliphatic hydroxyl groups excluding tert-OH is 1. The number of aromatic nitrogens is 1. The summed E-state index contributed by atoms with van der Waals surface area (Å²) in [5.74, 6) is -0.0893. The maximum absolute atomic E-state index is 12.0. The van der Waals surface area contributed by atoms with Crippen molar-refractivity contribution < 1.29 is 9.90 Å². The summed E-state index contributed by atoms with van der Waals surface area (Å²) in [6.07, 6.45) is 0.291. The van der Waals surface area contributed by atoms with Crippen LogP contribution < -0.4 is 5.32 Å². The third-order valence-corrected chi connectivity index (χ3v) is 4.10. The van der Waals surface area contributed by atoms with Gasteiger partial charge in [0.2, 0.25) is 5.91 Å². The fourth-order valence-corrected chi connectivity index (χ4v) is 3.00. The monoisotopic (exact) mass is 304 g/mol. The van der Waals surface area contributed by atoms with E-state index in [2.05, 4.69) is 10.3 Å². The molecule has 0 fully saturated rings. The topological polar surface area (TPSA) is 62.2 Å². The average molecular weight is 304 g/mol. The molecule has 1 atom stereocenters. The lowest BCUT2D eigenvalue weighted by Crippen LogP contribution is -2.35. The van der Waals surface area contributed by atoms with Crippen molar-refractivity contribution in [1.29, 1.82) is 0 Å². The van der Waals surface area contributed by atoms with E-state index in [1.807, 2.05) is 38.1 Å². The number of hydrogen-bond acceptors (Lipinski definition) is 4. The molecule has 4 nitrogen and oxygen atoms in total. The van der Waals surface area contributed by atoms with Crippen molar-refractivity contribution in [3.8, 4) is 11.3 Å². The van der Waals surface area contributed by atoms with E-state index in [1.165, 1.54) is 5.56 Å². The Balaban J connectivity index is 2.21. The minimum atomic E-state index is -0.227. The first kappa shape index (κ1) is 15.7. The molecule has 1 amide bonds. The number of carbonyl (C=O) groups is 1. The summed E-state index contributed by atoms with van der Waals surface area (Å²) >= 11 is 1.54. The number of aryl methyl sites for hydroxylation is 2. The number of benzene rings is 1. The van der Waals surface area contributed by atoms with Crippen LogP contribution in [0.15, 0.2) is 24.3 Å². The SMILES string of the molecule is Cc1ccc(-c2nc(C)sc2CC(=O)NC(C)CO)cc1. The van der Waals surface area contributed by atoms with Gasteiger partial charge in [0.05, 0.1) is 23.7 Å². The molecule has 0 saturated heterocycles. The molecule has 1 heterocycles. The predicted molar refractivity (Wildman–Crippen MR) is 85.4 cm³/mol. The molecule has 0 aliphatic heterocycles. The molecule has 0 saturated carbocycles. The molecule has 0 aliphatic rings. The van der Waals surface area contributed by atoms with Crippen LogP contribution in [0.4, 0.5) is 0 Å². The van der Waals surface area contributed by atoms with E-state index >= 15 is 0 Å². The van der Waals surface area contributed by atoms with Gasteiger partial charge in [0.25, 0.3) is 0 Å². The molecule has 0 bridgehead atoms. The molecule has 0 spiro atoms. The summed E-state index contributed by atoms with van der Waals surface area (Å²) in [5, 5.41) is 12.7. The first-order valence-corrected chi connectivity index (χ1v) is 7.75. The number of aliphatic hydroxyl groups is 1. The fourth-order valence-electron chi connectivity index (χ4n) is 2.04. The Hall–Kier alpha value is -1.72. The molecule has 5 heteroatoms. The van der Waals surface area contributed by atoms with E-state index in [-0.39, 0.29) is 18.6 Å². The standard InChI is InChI=1S/C16H20N2O2S/c1-10-4-6-13(7-5-10)16-14(21-12(3)18-16)8-15(20)17-11(2)9-19/h4-7,11,19H,8-9H2,1-3H3,(H,17,20). The number of nitrogens with one attached hydrogen (secondary N) is 1. The largest absolute Gasteiger partial charge is 0.394 e. The molecular formula is C16H20N2O2S. The predicted octanol–water partition coefficient (Wildman–Crippen LogP) is 2.47. The van der Waals surface area contributed by atoms with Crippen LogP contribution in [0.5, 0.6) is 0 Å². The zero-order valence-electron chi connectivity index (χ0n) is 12.5. The third kappa shape index (κ3) is 4.12.